The second-order valence-corrected chi connectivity index (χ2v) is 6.41. The SMILES string of the molecule is O=C(NC1CCCC1)N1CCN(c2ccc(F)c(Cl)c2)CC1. The van der Waals surface area contributed by atoms with Gasteiger partial charge in [-0.15, -0.1) is 0 Å². The molecule has 1 aliphatic carbocycles. The number of amides is 2. The number of nitrogens with zero attached hydrogens (tertiary/aromatic N) is 2. The van der Waals surface area contributed by atoms with Crippen LogP contribution in [0.1, 0.15) is 25.7 Å². The molecule has 0 radical (unpaired) electrons. The monoisotopic (exact) mass is 325 g/mol. The zero-order chi connectivity index (χ0) is 15.5. The number of nitrogens with one attached hydrogen (secondary N) is 1. The number of piperazine rings is 1. The lowest BCUT2D eigenvalue weighted by Crippen LogP contribution is -2.53. The lowest BCUT2D eigenvalue weighted by molar-refractivity contribution is 0.190. The highest BCUT2D eigenvalue weighted by molar-refractivity contribution is 6.31. The fourth-order valence-electron chi connectivity index (χ4n) is 3.19. The molecule has 1 saturated heterocycles. The quantitative estimate of drug-likeness (QED) is 0.906. The molecule has 0 atom stereocenters. The zero-order valence-corrected chi connectivity index (χ0v) is 13.3. The standard InChI is InChI=1S/C16H21ClFN3O/c17-14-11-13(5-6-15(14)18)20-7-9-21(10-8-20)16(22)19-12-3-1-2-4-12/h5-6,11-12H,1-4,7-10H2,(H,19,22). The Balaban J connectivity index is 1.53. The number of hydrogen-bond donors (Lipinski definition) is 1. The highest BCUT2D eigenvalue weighted by Gasteiger charge is 2.24. The average molecular weight is 326 g/mol. The van der Waals surface area contributed by atoms with Crippen molar-refractivity contribution in [3.63, 3.8) is 0 Å². The van der Waals surface area contributed by atoms with Gasteiger partial charge in [0.2, 0.25) is 0 Å². The van der Waals surface area contributed by atoms with E-state index in [0.29, 0.717) is 19.1 Å². The number of urea groups is 1. The smallest absolute Gasteiger partial charge is 0.317 e. The molecule has 1 aliphatic heterocycles. The van der Waals surface area contributed by atoms with E-state index in [1.165, 1.54) is 18.9 Å². The van der Waals surface area contributed by atoms with Gasteiger partial charge < -0.3 is 15.1 Å². The summed E-state index contributed by atoms with van der Waals surface area (Å²) in [5.74, 6) is -0.403. The Labute approximate surface area is 135 Å². The summed E-state index contributed by atoms with van der Waals surface area (Å²) >= 11 is 5.83. The normalized spacial score (nSPS) is 19.5. The average Bonchev–Trinajstić information content (AvgIpc) is 3.03. The zero-order valence-electron chi connectivity index (χ0n) is 12.5. The van der Waals surface area contributed by atoms with Crippen LogP contribution in [0.4, 0.5) is 14.9 Å². The van der Waals surface area contributed by atoms with Gasteiger partial charge in [0.15, 0.2) is 0 Å². The van der Waals surface area contributed by atoms with E-state index in [-0.39, 0.29) is 11.1 Å². The van der Waals surface area contributed by atoms with Gasteiger partial charge in [0.05, 0.1) is 5.02 Å². The van der Waals surface area contributed by atoms with Gasteiger partial charge in [-0.1, -0.05) is 24.4 Å². The molecular formula is C16H21ClFN3O. The van der Waals surface area contributed by atoms with Crippen LogP contribution in [0.2, 0.25) is 5.02 Å². The fraction of sp³-hybridized carbons (Fsp3) is 0.562. The molecule has 2 aliphatic rings. The molecule has 2 fully saturated rings. The molecule has 1 N–H and O–H groups in total. The third-order valence-corrected chi connectivity index (χ3v) is 4.81. The second kappa shape index (κ2) is 6.73. The van der Waals surface area contributed by atoms with E-state index in [1.807, 2.05) is 4.90 Å². The van der Waals surface area contributed by atoms with Gasteiger partial charge in [-0.05, 0) is 31.0 Å². The lowest BCUT2D eigenvalue weighted by Gasteiger charge is -2.36. The van der Waals surface area contributed by atoms with E-state index >= 15 is 0 Å². The van der Waals surface area contributed by atoms with Crippen molar-refractivity contribution < 1.29 is 9.18 Å². The number of rotatable bonds is 2. The Bertz CT molecular complexity index is 540. The van der Waals surface area contributed by atoms with E-state index < -0.39 is 5.82 Å². The molecule has 4 nitrogen and oxygen atoms in total. The minimum Gasteiger partial charge on any atom is -0.368 e. The summed E-state index contributed by atoms with van der Waals surface area (Å²) in [5.41, 5.74) is 0.905. The van der Waals surface area contributed by atoms with E-state index in [2.05, 4.69) is 10.2 Å². The first-order chi connectivity index (χ1) is 10.6. The highest BCUT2D eigenvalue weighted by Crippen LogP contribution is 2.24. The molecule has 1 aromatic rings. The van der Waals surface area contributed by atoms with Crippen molar-refractivity contribution >= 4 is 23.3 Å². The summed E-state index contributed by atoms with van der Waals surface area (Å²) in [6.07, 6.45) is 4.62. The Morgan fingerprint density at radius 3 is 2.50 bits per heavy atom. The van der Waals surface area contributed by atoms with Crippen LogP contribution < -0.4 is 10.2 Å². The number of halogens is 2. The van der Waals surface area contributed by atoms with Gasteiger partial charge >= 0.3 is 6.03 Å². The van der Waals surface area contributed by atoms with Gasteiger partial charge in [-0.25, -0.2) is 9.18 Å². The van der Waals surface area contributed by atoms with Crippen molar-refractivity contribution in [2.24, 2.45) is 0 Å². The molecule has 0 spiro atoms. The van der Waals surface area contributed by atoms with Crippen LogP contribution in [0.25, 0.3) is 0 Å². The molecule has 2 amide bonds. The predicted octanol–water partition coefficient (Wildman–Crippen LogP) is 3.25. The van der Waals surface area contributed by atoms with E-state index in [0.717, 1.165) is 31.6 Å². The van der Waals surface area contributed by atoms with Gasteiger partial charge in [-0.3, -0.25) is 0 Å². The first-order valence-corrected chi connectivity index (χ1v) is 8.27. The van der Waals surface area contributed by atoms with Crippen LogP contribution in [0.15, 0.2) is 18.2 Å². The van der Waals surface area contributed by atoms with Crippen molar-refractivity contribution in [2.45, 2.75) is 31.7 Å². The predicted molar refractivity (Wildman–Crippen MR) is 86.0 cm³/mol. The minimum absolute atomic E-state index is 0.0451. The van der Waals surface area contributed by atoms with Crippen LogP contribution in [-0.4, -0.2) is 43.2 Å². The molecule has 0 aromatic heterocycles. The van der Waals surface area contributed by atoms with Crippen LogP contribution in [0, 0.1) is 5.82 Å². The highest BCUT2D eigenvalue weighted by atomic mass is 35.5. The lowest BCUT2D eigenvalue weighted by atomic mass is 10.2. The Morgan fingerprint density at radius 2 is 1.86 bits per heavy atom. The summed E-state index contributed by atoms with van der Waals surface area (Å²) < 4.78 is 13.2. The van der Waals surface area contributed by atoms with Crippen LogP contribution >= 0.6 is 11.6 Å². The number of carbonyl (C=O) groups excluding carboxylic acids is 1. The largest absolute Gasteiger partial charge is 0.368 e. The van der Waals surface area contributed by atoms with E-state index in [1.54, 1.807) is 12.1 Å². The summed E-state index contributed by atoms with van der Waals surface area (Å²) in [4.78, 5) is 16.2. The molecule has 0 bridgehead atoms. The summed E-state index contributed by atoms with van der Waals surface area (Å²) in [6.45, 7) is 2.82. The van der Waals surface area contributed by atoms with E-state index in [4.69, 9.17) is 11.6 Å². The molecule has 6 heteroatoms. The van der Waals surface area contributed by atoms with Crippen LogP contribution in [-0.2, 0) is 0 Å². The molecule has 0 unspecified atom stereocenters. The van der Waals surface area contributed by atoms with Crippen molar-refractivity contribution in [3.8, 4) is 0 Å². The van der Waals surface area contributed by atoms with Gasteiger partial charge in [-0.2, -0.15) is 0 Å². The van der Waals surface area contributed by atoms with E-state index in [9.17, 15) is 9.18 Å². The van der Waals surface area contributed by atoms with Gasteiger partial charge in [0.1, 0.15) is 5.82 Å². The molecule has 120 valence electrons. The summed E-state index contributed by atoms with van der Waals surface area (Å²) in [5, 5.41) is 3.26. The first-order valence-electron chi connectivity index (χ1n) is 7.89. The molecule has 1 heterocycles. The maximum Gasteiger partial charge on any atom is 0.317 e. The van der Waals surface area contributed by atoms with Gasteiger partial charge in [0.25, 0.3) is 0 Å². The molecule has 22 heavy (non-hydrogen) atoms. The van der Waals surface area contributed by atoms with Crippen molar-refractivity contribution in [2.75, 3.05) is 31.1 Å². The third-order valence-electron chi connectivity index (χ3n) is 4.52. The maximum atomic E-state index is 13.2. The number of benzene rings is 1. The fourth-order valence-corrected chi connectivity index (χ4v) is 3.36. The number of hydrogen-bond acceptors (Lipinski definition) is 2. The maximum absolute atomic E-state index is 13.2. The van der Waals surface area contributed by atoms with Gasteiger partial charge in [0, 0.05) is 37.9 Å². The topological polar surface area (TPSA) is 35.6 Å². The molecule has 1 aromatic carbocycles. The number of carbonyl (C=O) groups is 1. The Morgan fingerprint density at radius 1 is 1.18 bits per heavy atom. The van der Waals surface area contributed by atoms with Crippen molar-refractivity contribution in [1.82, 2.24) is 10.2 Å². The first kappa shape index (κ1) is 15.4. The third kappa shape index (κ3) is 3.46. The molecule has 3 rings (SSSR count). The summed E-state index contributed by atoms with van der Waals surface area (Å²) in [6, 6.07) is 5.16. The summed E-state index contributed by atoms with van der Waals surface area (Å²) in [7, 11) is 0. The second-order valence-electron chi connectivity index (χ2n) is 6.00. The Kier molecular flexibility index (Phi) is 4.71. The van der Waals surface area contributed by atoms with Crippen LogP contribution in [0.3, 0.4) is 0 Å². The molecule has 1 saturated carbocycles. The van der Waals surface area contributed by atoms with Crippen LogP contribution in [0.5, 0.6) is 0 Å². The molecular weight excluding hydrogens is 305 g/mol. The number of anilines is 1. The minimum atomic E-state index is -0.403. The van der Waals surface area contributed by atoms with Crippen molar-refractivity contribution in [1.29, 1.82) is 0 Å². The Hall–Kier alpha value is -1.49. The van der Waals surface area contributed by atoms with Crippen molar-refractivity contribution in [3.05, 3.63) is 29.0 Å².